The van der Waals surface area contributed by atoms with Crippen LogP contribution in [-0.2, 0) is 44.2 Å². The highest BCUT2D eigenvalue weighted by atomic mass is 16.6. The van der Waals surface area contributed by atoms with Crippen molar-refractivity contribution in [3.05, 3.63) is 134 Å². The Bertz CT molecular complexity index is 3410. The smallest absolute Gasteiger partial charge is 0.355 e. The fraction of sp³-hybridized carbons (Fsp3) is 0.283. The molecule has 2 amide bonds. The number of benzene rings is 4. The van der Waals surface area contributed by atoms with Crippen molar-refractivity contribution < 1.29 is 48.7 Å². The van der Waals surface area contributed by atoms with Crippen LogP contribution in [0.15, 0.2) is 89.7 Å². The topological polar surface area (TPSA) is 252 Å². The molecule has 3 aliphatic heterocycles. The second-order valence-corrected chi connectivity index (χ2v) is 18.3. The third-order valence-corrected chi connectivity index (χ3v) is 13.8. The van der Waals surface area contributed by atoms with Gasteiger partial charge in [-0.05, 0) is 122 Å². The fourth-order valence-electron chi connectivity index (χ4n) is 10.0. The van der Waals surface area contributed by atoms with Gasteiger partial charge in [-0.3, -0.25) is 23.7 Å². The zero-order chi connectivity index (χ0) is 50.0. The molecule has 362 valence electrons. The van der Waals surface area contributed by atoms with Crippen molar-refractivity contribution >= 4 is 34.7 Å². The summed E-state index contributed by atoms with van der Waals surface area (Å²) >= 11 is 0. The maximum atomic E-state index is 14.2. The van der Waals surface area contributed by atoms with Gasteiger partial charge in [0.05, 0.1) is 40.5 Å². The van der Waals surface area contributed by atoms with E-state index < -0.39 is 29.4 Å². The SMILES string of the molecule is CCc1c2c(nc3ccc(O)cc13)-c1cc3c(c(=O)n1C2)COC(=O)C3(CC)OC(=O)C1CCN(C(=O)c2ccc(Oc3ccc(-n4c(C(N)=O)nnc4-c4cc(C(C)C)c(O)cc4O)cc3)cc2)CC1. The van der Waals surface area contributed by atoms with E-state index in [1.165, 1.54) is 10.6 Å². The van der Waals surface area contributed by atoms with Gasteiger partial charge >= 0.3 is 11.9 Å². The molecular formula is C53H49N7O11. The van der Waals surface area contributed by atoms with Gasteiger partial charge in [0.1, 0.15) is 35.4 Å². The van der Waals surface area contributed by atoms with E-state index in [4.69, 9.17) is 24.9 Å². The molecule has 18 nitrogen and oxygen atoms in total. The number of ether oxygens (including phenoxy) is 3. The molecule has 7 aromatic rings. The first-order chi connectivity index (χ1) is 34.1. The molecule has 1 saturated heterocycles. The molecule has 0 spiro atoms. The maximum Gasteiger partial charge on any atom is 0.355 e. The van der Waals surface area contributed by atoms with Gasteiger partial charge in [0.15, 0.2) is 5.82 Å². The van der Waals surface area contributed by atoms with Crippen LogP contribution in [0.25, 0.3) is 39.4 Å². The zero-order valence-corrected chi connectivity index (χ0v) is 39.3. The average molecular weight is 960 g/mol. The van der Waals surface area contributed by atoms with Crippen molar-refractivity contribution in [1.29, 1.82) is 0 Å². The summed E-state index contributed by atoms with van der Waals surface area (Å²) in [5.41, 5.74) is 9.16. The average Bonchev–Trinajstić information content (AvgIpc) is 3.97. The molecule has 6 heterocycles. The van der Waals surface area contributed by atoms with E-state index in [-0.39, 0.29) is 108 Å². The Morgan fingerprint density at radius 3 is 2.24 bits per heavy atom. The number of carbonyl (C=O) groups is 4. The monoisotopic (exact) mass is 959 g/mol. The lowest BCUT2D eigenvalue weighted by molar-refractivity contribution is -0.192. The number of carbonyl (C=O) groups excluding carboxylic acids is 4. The second-order valence-electron chi connectivity index (χ2n) is 18.3. The lowest BCUT2D eigenvalue weighted by Crippen LogP contribution is -2.49. The summed E-state index contributed by atoms with van der Waals surface area (Å²) in [7, 11) is 0. The van der Waals surface area contributed by atoms with Crippen molar-refractivity contribution in [2.75, 3.05) is 13.1 Å². The number of primary amides is 1. The fourth-order valence-corrected chi connectivity index (χ4v) is 10.0. The molecule has 10 rings (SSSR count). The van der Waals surface area contributed by atoms with Gasteiger partial charge in [0.25, 0.3) is 17.4 Å². The number of nitrogens with zero attached hydrogens (tertiary/aromatic N) is 6. The van der Waals surface area contributed by atoms with Crippen molar-refractivity contribution in [2.45, 2.75) is 78.0 Å². The Morgan fingerprint density at radius 1 is 0.873 bits per heavy atom. The van der Waals surface area contributed by atoms with Gasteiger partial charge in [-0.2, -0.15) is 0 Å². The van der Waals surface area contributed by atoms with Crippen molar-refractivity contribution in [2.24, 2.45) is 11.7 Å². The van der Waals surface area contributed by atoms with Crippen molar-refractivity contribution in [3.63, 3.8) is 0 Å². The van der Waals surface area contributed by atoms with E-state index in [0.717, 1.165) is 16.5 Å². The summed E-state index contributed by atoms with van der Waals surface area (Å²) < 4.78 is 20.9. The molecule has 0 aliphatic carbocycles. The second kappa shape index (κ2) is 17.8. The van der Waals surface area contributed by atoms with Gasteiger partial charge < -0.3 is 44.7 Å². The largest absolute Gasteiger partial charge is 0.508 e. The number of aromatic nitrogens is 5. The lowest BCUT2D eigenvalue weighted by Gasteiger charge is -2.38. The number of likely N-dealkylation sites (tertiary alicyclic amines) is 1. The number of phenolic OH excluding ortho intramolecular Hbond substituents is 3. The standard InChI is InChI=1S/C53H49N7O11/c1-5-34-36-21-31(61)11-16-41(36)55-45-38(34)25-59-42(45)23-40-39(50(59)66)26-69-52(68)53(40,6-2)71-51(67)29-17-19-58(20-18-29)49(65)28-7-12-32(13-8-28)70-33-14-9-30(10-15-33)60-47(56-57-48(60)46(54)64)37-22-35(27(3)4)43(62)24-44(37)63/h7-16,21-24,27,29,61-63H,5-6,17-20,25-26H2,1-4H3,(H2,54,64). The van der Waals surface area contributed by atoms with E-state index in [1.54, 1.807) is 95.3 Å². The molecule has 71 heavy (non-hydrogen) atoms. The molecule has 4 aromatic carbocycles. The Morgan fingerprint density at radius 2 is 1.58 bits per heavy atom. The number of hydrogen-bond donors (Lipinski definition) is 4. The van der Waals surface area contributed by atoms with E-state index in [9.17, 15) is 39.3 Å². The van der Waals surface area contributed by atoms with Crippen molar-refractivity contribution in [3.8, 4) is 57.2 Å². The molecule has 3 aromatic heterocycles. The summed E-state index contributed by atoms with van der Waals surface area (Å²) in [5.74, 6) is -2.57. The highest BCUT2D eigenvalue weighted by Crippen LogP contribution is 2.44. The highest BCUT2D eigenvalue weighted by Gasteiger charge is 2.51. The minimum Gasteiger partial charge on any atom is -0.508 e. The summed E-state index contributed by atoms with van der Waals surface area (Å²) in [6.07, 6.45) is 1.21. The van der Waals surface area contributed by atoms with Gasteiger partial charge in [0.2, 0.25) is 11.4 Å². The number of fused-ring (bicyclic) bond motifs is 5. The third-order valence-electron chi connectivity index (χ3n) is 13.8. The van der Waals surface area contributed by atoms with Crippen LogP contribution >= 0.6 is 0 Å². The Labute approximate surface area is 405 Å². The molecular weight excluding hydrogens is 911 g/mol. The highest BCUT2D eigenvalue weighted by molar-refractivity contribution is 5.95. The molecule has 0 radical (unpaired) electrons. The number of cyclic esters (lactones) is 1. The van der Waals surface area contributed by atoms with Gasteiger partial charge in [0, 0.05) is 46.9 Å². The number of phenols is 3. The Kier molecular flexibility index (Phi) is 11.6. The van der Waals surface area contributed by atoms with Crippen LogP contribution in [0.3, 0.4) is 0 Å². The predicted octanol–water partition coefficient (Wildman–Crippen LogP) is 7.12. The normalized spacial score (nSPS) is 16.4. The van der Waals surface area contributed by atoms with Crippen LogP contribution in [0.2, 0.25) is 0 Å². The summed E-state index contributed by atoms with van der Waals surface area (Å²) in [4.78, 5) is 74.7. The number of hydrogen-bond acceptors (Lipinski definition) is 14. The number of aryl methyl sites for hydroxylation is 1. The van der Waals surface area contributed by atoms with Crippen LogP contribution in [0.5, 0.6) is 28.7 Å². The van der Waals surface area contributed by atoms with Gasteiger partial charge in [-0.15, -0.1) is 10.2 Å². The minimum absolute atomic E-state index is 0.0166. The van der Waals surface area contributed by atoms with Crippen molar-refractivity contribution in [1.82, 2.24) is 29.2 Å². The quantitative estimate of drug-likeness (QED) is 0.0942. The van der Waals surface area contributed by atoms with Crippen LogP contribution < -0.4 is 16.0 Å². The number of amides is 2. The molecule has 1 atom stereocenters. The summed E-state index contributed by atoms with van der Waals surface area (Å²) in [6.45, 7) is 7.98. The van der Waals surface area contributed by atoms with Crippen LogP contribution in [0, 0.1) is 5.92 Å². The number of rotatable bonds is 11. The lowest BCUT2D eigenvalue weighted by atomic mass is 9.85. The molecule has 1 fully saturated rings. The Balaban J connectivity index is 0.807. The third kappa shape index (κ3) is 7.84. The van der Waals surface area contributed by atoms with E-state index >= 15 is 0 Å². The molecule has 1 unspecified atom stereocenters. The van der Waals surface area contributed by atoms with E-state index in [0.29, 0.717) is 51.6 Å². The van der Waals surface area contributed by atoms with Crippen LogP contribution in [0.4, 0.5) is 0 Å². The number of esters is 2. The molecule has 18 heteroatoms. The van der Waals surface area contributed by atoms with Crippen LogP contribution in [-0.4, -0.2) is 81.4 Å². The number of piperidine rings is 1. The van der Waals surface area contributed by atoms with E-state index in [1.807, 2.05) is 20.8 Å². The van der Waals surface area contributed by atoms with E-state index in [2.05, 4.69) is 10.2 Å². The first-order valence-electron chi connectivity index (χ1n) is 23.4. The first-order valence-corrected chi connectivity index (χ1v) is 23.4. The van der Waals surface area contributed by atoms with Crippen LogP contribution in [0.1, 0.15) is 102 Å². The summed E-state index contributed by atoms with van der Waals surface area (Å²) in [5, 5.41) is 40.3. The molecule has 3 aliphatic rings. The predicted molar refractivity (Wildman–Crippen MR) is 257 cm³/mol. The molecule has 5 N–H and O–H groups in total. The Hall–Kier alpha value is -8.54. The van der Waals surface area contributed by atoms with Gasteiger partial charge in [-0.1, -0.05) is 27.7 Å². The molecule has 0 bridgehead atoms. The minimum atomic E-state index is -1.87. The number of aromatic hydroxyl groups is 3. The number of nitrogens with two attached hydrogens (primary N) is 1. The summed E-state index contributed by atoms with van der Waals surface area (Å²) in [6, 6.07) is 22.8. The molecule has 0 saturated carbocycles. The zero-order valence-electron chi connectivity index (χ0n) is 39.3. The number of pyridine rings is 2. The van der Waals surface area contributed by atoms with Gasteiger partial charge in [-0.25, -0.2) is 9.78 Å². The maximum absolute atomic E-state index is 14.2. The first kappa shape index (κ1) is 46.2.